The summed E-state index contributed by atoms with van der Waals surface area (Å²) < 4.78 is 11.0. The number of hydrogen-bond donors (Lipinski definition) is 1. The van der Waals surface area contributed by atoms with Gasteiger partial charge in [-0.2, -0.15) is 0 Å². The largest absolute Gasteiger partial charge is 0.493 e. The Morgan fingerprint density at radius 2 is 1.83 bits per heavy atom. The average molecular weight is 249 g/mol. The van der Waals surface area contributed by atoms with Crippen LogP contribution in [0.25, 0.3) is 0 Å². The average Bonchev–Trinajstić information content (AvgIpc) is 2.84. The van der Waals surface area contributed by atoms with E-state index in [0.29, 0.717) is 0 Å². The van der Waals surface area contributed by atoms with E-state index >= 15 is 0 Å². The Labute approximate surface area is 109 Å². The van der Waals surface area contributed by atoms with E-state index < -0.39 is 0 Å². The molecule has 3 nitrogen and oxygen atoms in total. The highest BCUT2D eigenvalue weighted by molar-refractivity contribution is 5.54. The molecule has 0 radical (unpaired) electrons. The maximum absolute atomic E-state index is 6.62. The van der Waals surface area contributed by atoms with Crippen LogP contribution in [-0.2, 0) is 12.0 Å². The van der Waals surface area contributed by atoms with Gasteiger partial charge in [0.15, 0.2) is 11.5 Å². The molecule has 0 saturated heterocycles. The number of aryl methyl sites for hydroxylation is 1. The van der Waals surface area contributed by atoms with Crippen molar-refractivity contribution in [3.05, 3.63) is 23.3 Å². The Balaban J connectivity index is 2.60. The molecule has 0 atom stereocenters. The van der Waals surface area contributed by atoms with E-state index in [4.69, 9.17) is 15.2 Å². The highest BCUT2D eigenvalue weighted by Crippen LogP contribution is 2.46. The zero-order valence-corrected chi connectivity index (χ0v) is 11.6. The molecule has 3 heteroatoms. The Morgan fingerprint density at radius 3 is 2.33 bits per heavy atom. The van der Waals surface area contributed by atoms with Crippen LogP contribution in [0.1, 0.15) is 43.7 Å². The van der Waals surface area contributed by atoms with Gasteiger partial charge < -0.3 is 15.2 Å². The van der Waals surface area contributed by atoms with E-state index in [-0.39, 0.29) is 5.54 Å². The first kappa shape index (κ1) is 13.2. The standard InChI is InChI=1S/C15H23NO2/c1-4-11-7-8-12(17-2)14(18-3)13(11)15(16)9-5-6-10-15/h7-8H,4-6,9-10,16H2,1-3H3. The van der Waals surface area contributed by atoms with Gasteiger partial charge in [0.25, 0.3) is 0 Å². The summed E-state index contributed by atoms with van der Waals surface area (Å²) in [6.07, 6.45) is 5.42. The van der Waals surface area contributed by atoms with Crippen molar-refractivity contribution in [2.75, 3.05) is 14.2 Å². The maximum atomic E-state index is 6.62. The lowest BCUT2D eigenvalue weighted by Gasteiger charge is -2.29. The number of ether oxygens (including phenoxy) is 2. The third kappa shape index (κ3) is 2.07. The second kappa shape index (κ2) is 5.19. The summed E-state index contributed by atoms with van der Waals surface area (Å²) >= 11 is 0. The molecule has 1 saturated carbocycles. The lowest BCUT2D eigenvalue weighted by Crippen LogP contribution is -2.34. The van der Waals surface area contributed by atoms with Crippen LogP contribution in [-0.4, -0.2) is 14.2 Å². The molecule has 0 unspecified atom stereocenters. The van der Waals surface area contributed by atoms with Gasteiger partial charge >= 0.3 is 0 Å². The van der Waals surface area contributed by atoms with Gasteiger partial charge in [-0.3, -0.25) is 0 Å². The van der Waals surface area contributed by atoms with Crippen LogP contribution in [0.3, 0.4) is 0 Å². The predicted octanol–water partition coefficient (Wildman–Crippen LogP) is 2.99. The zero-order valence-electron chi connectivity index (χ0n) is 11.6. The molecule has 0 heterocycles. The number of rotatable bonds is 4. The Morgan fingerprint density at radius 1 is 1.17 bits per heavy atom. The molecule has 0 amide bonds. The van der Waals surface area contributed by atoms with Gasteiger partial charge in [-0.1, -0.05) is 25.8 Å². The fourth-order valence-electron chi connectivity index (χ4n) is 3.06. The topological polar surface area (TPSA) is 44.5 Å². The molecule has 1 aliphatic rings. The van der Waals surface area contributed by atoms with E-state index in [1.165, 1.54) is 18.4 Å². The number of methoxy groups -OCH3 is 2. The molecule has 1 aromatic rings. The summed E-state index contributed by atoms with van der Waals surface area (Å²) in [5.74, 6) is 1.60. The van der Waals surface area contributed by atoms with Crippen molar-refractivity contribution in [2.24, 2.45) is 5.73 Å². The first-order valence-corrected chi connectivity index (χ1v) is 6.69. The second-order valence-corrected chi connectivity index (χ2v) is 5.05. The van der Waals surface area contributed by atoms with Crippen molar-refractivity contribution in [2.45, 2.75) is 44.6 Å². The summed E-state index contributed by atoms with van der Waals surface area (Å²) in [5.41, 5.74) is 8.81. The first-order chi connectivity index (χ1) is 8.66. The van der Waals surface area contributed by atoms with Crippen LogP contribution < -0.4 is 15.2 Å². The second-order valence-electron chi connectivity index (χ2n) is 5.05. The predicted molar refractivity (Wildman–Crippen MR) is 73.3 cm³/mol. The van der Waals surface area contributed by atoms with Crippen molar-refractivity contribution >= 4 is 0 Å². The quantitative estimate of drug-likeness (QED) is 0.892. The number of hydrogen-bond acceptors (Lipinski definition) is 3. The summed E-state index contributed by atoms with van der Waals surface area (Å²) in [6.45, 7) is 2.16. The van der Waals surface area contributed by atoms with Crippen molar-refractivity contribution in [3.8, 4) is 11.5 Å². The van der Waals surface area contributed by atoms with Crippen LogP contribution in [0, 0.1) is 0 Å². The zero-order chi connectivity index (χ0) is 13.2. The van der Waals surface area contributed by atoms with Crippen LogP contribution in [0.4, 0.5) is 0 Å². The van der Waals surface area contributed by atoms with Crippen LogP contribution in [0.2, 0.25) is 0 Å². The lowest BCUT2D eigenvalue weighted by atomic mass is 9.84. The van der Waals surface area contributed by atoms with Crippen molar-refractivity contribution in [3.63, 3.8) is 0 Å². The Bertz CT molecular complexity index is 423. The van der Waals surface area contributed by atoms with Crippen molar-refractivity contribution in [1.29, 1.82) is 0 Å². The Kier molecular flexibility index (Phi) is 3.81. The van der Waals surface area contributed by atoms with Gasteiger partial charge in [0.1, 0.15) is 0 Å². The molecular weight excluding hydrogens is 226 g/mol. The minimum Gasteiger partial charge on any atom is -0.493 e. The monoisotopic (exact) mass is 249 g/mol. The van der Waals surface area contributed by atoms with Crippen molar-refractivity contribution in [1.82, 2.24) is 0 Å². The molecule has 0 bridgehead atoms. The maximum Gasteiger partial charge on any atom is 0.166 e. The summed E-state index contributed by atoms with van der Waals surface area (Å²) in [6, 6.07) is 4.09. The normalized spacial score (nSPS) is 17.8. The number of nitrogens with two attached hydrogens (primary N) is 1. The molecular formula is C15H23NO2. The van der Waals surface area contributed by atoms with Crippen LogP contribution in [0.15, 0.2) is 12.1 Å². The van der Waals surface area contributed by atoms with E-state index in [9.17, 15) is 0 Å². The van der Waals surface area contributed by atoms with Gasteiger partial charge in [-0.15, -0.1) is 0 Å². The summed E-state index contributed by atoms with van der Waals surface area (Å²) in [5, 5.41) is 0. The minimum absolute atomic E-state index is 0.245. The van der Waals surface area contributed by atoms with Gasteiger partial charge in [-0.05, 0) is 30.9 Å². The highest BCUT2D eigenvalue weighted by Gasteiger charge is 2.36. The fourth-order valence-corrected chi connectivity index (χ4v) is 3.06. The molecule has 1 fully saturated rings. The molecule has 18 heavy (non-hydrogen) atoms. The van der Waals surface area contributed by atoms with Gasteiger partial charge in [-0.25, -0.2) is 0 Å². The third-order valence-corrected chi connectivity index (χ3v) is 4.01. The van der Waals surface area contributed by atoms with Crippen LogP contribution >= 0.6 is 0 Å². The highest BCUT2D eigenvalue weighted by atomic mass is 16.5. The van der Waals surface area contributed by atoms with Gasteiger partial charge in [0.2, 0.25) is 0 Å². The summed E-state index contributed by atoms with van der Waals surface area (Å²) in [7, 11) is 3.37. The van der Waals surface area contributed by atoms with E-state index in [0.717, 1.165) is 36.3 Å². The first-order valence-electron chi connectivity index (χ1n) is 6.69. The summed E-state index contributed by atoms with van der Waals surface area (Å²) in [4.78, 5) is 0. The third-order valence-electron chi connectivity index (χ3n) is 4.01. The molecule has 2 N–H and O–H groups in total. The molecule has 0 spiro atoms. The number of benzene rings is 1. The lowest BCUT2D eigenvalue weighted by molar-refractivity contribution is 0.336. The van der Waals surface area contributed by atoms with Crippen molar-refractivity contribution < 1.29 is 9.47 Å². The molecule has 100 valence electrons. The van der Waals surface area contributed by atoms with E-state index in [1.807, 2.05) is 6.07 Å². The SMILES string of the molecule is CCc1ccc(OC)c(OC)c1C1(N)CCCC1. The Hall–Kier alpha value is -1.22. The van der Waals surface area contributed by atoms with E-state index in [2.05, 4.69) is 13.0 Å². The smallest absolute Gasteiger partial charge is 0.166 e. The van der Waals surface area contributed by atoms with E-state index in [1.54, 1.807) is 14.2 Å². The molecule has 0 aliphatic heterocycles. The molecule has 2 rings (SSSR count). The minimum atomic E-state index is -0.245. The fraction of sp³-hybridized carbons (Fsp3) is 0.600. The molecule has 1 aliphatic carbocycles. The van der Waals surface area contributed by atoms with Crippen LogP contribution in [0.5, 0.6) is 11.5 Å². The molecule has 1 aromatic carbocycles. The molecule has 0 aromatic heterocycles. The van der Waals surface area contributed by atoms with Gasteiger partial charge in [0, 0.05) is 11.1 Å². The van der Waals surface area contributed by atoms with Gasteiger partial charge in [0.05, 0.1) is 14.2 Å².